The molecule has 8 heteroatoms. The summed E-state index contributed by atoms with van der Waals surface area (Å²) in [6, 6.07) is 4.51. The van der Waals surface area contributed by atoms with Gasteiger partial charge in [0.25, 0.3) is 6.47 Å². The smallest absolute Gasteiger partial charge is 0.290 e. The van der Waals surface area contributed by atoms with Crippen molar-refractivity contribution in [3.05, 3.63) is 46.2 Å². The molecule has 3 rings (SSSR count). The molecular weight excluding hydrogens is 340 g/mol. The van der Waals surface area contributed by atoms with Gasteiger partial charge in [-0.2, -0.15) is 0 Å². The highest BCUT2D eigenvalue weighted by atomic mass is 32.1. The largest absolute Gasteiger partial charge is 0.483 e. The van der Waals surface area contributed by atoms with E-state index in [1.165, 1.54) is 13.3 Å². The fourth-order valence-electron chi connectivity index (χ4n) is 2.84. The van der Waals surface area contributed by atoms with E-state index >= 15 is 0 Å². The van der Waals surface area contributed by atoms with Gasteiger partial charge in [-0.05, 0) is 31.0 Å². The van der Waals surface area contributed by atoms with Gasteiger partial charge >= 0.3 is 0 Å². The van der Waals surface area contributed by atoms with E-state index in [1.54, 1.807) is 11.3 Å². The second kappa shape index (κ2) is 9.85. The number of carboxylic acid groups (broad SMARTS) is 1. The van der Waals surface area contributed by atoms with Crippen LogP contribution in [0.5, 0.6) is 0 Å². The molecule has 1 fully saturated rings. The number of nitrogens with one attached hydrogen (secondary N) is 1. The van der Waals surface area contributed by atoms with Crippen LogP contribution in [0.3, 0.4) is 0 Å². The van der Waals surface area contributed by atoms with Crippen LogP contribution in [-0.2, 0) is 22.7 Å². The Morgan fingerprint density at radius 3 is 2.88 bits per heavy atom. The Balaban J connectivity index is 0.000000701. The lowest BCUT2D eigenvalue weighted by Crippen LogP contribution is -2.24. The molecule has 7 nitrogen and oxygen atoms in total. The van der Waals surface area contributed by atoms with Crippen molar-refractivity contribution in [3.63, 3.8) is 0 Å². The molecule has 0 saturated carbocycles. The van der Waals surface area contributed by atoms with Crippen molar-refractivity contribution in [3.8, 4) is 0 Å². The van der Waals surface area contributed by atoms with E-state index in [2.05, 4.69) is 37.7 Å². The minimum Gasteiger partial charge on any atom is -0.483 e. The molecule has 2 aromatic heterocycles. The number of aromatic nitrogens is 2. The average molecular weight is 362 g/mol. The maximum Gasteiger partial charge on any atom is 0.290 e. The topological polar surface area (TPSA) is 95.4 Å². The van der Waals surface area contributed by atoms with Crippen LogP contribution >= 0.6 is 11.3 Å². The summed E-state index contributed by atoms with van der Waals surface area (Å²) in [6.07, 6.45) is 4.21. The molecule has 25 heavy (non-hydrogen) atoms. The standard InChI is InChI=1S/C16H20N4OS.CH2O2/c1-12(21)17-7-13-4-5-15(18-8-13)16-3-2-6-20(16)9-14-10-22-11-19-14;2-1-3/h4-5,8,10-11,16H,2-3,6-7,9H2,1H3,(H,17,21);1H,(H,2,3). The molecule has 0 spiro atoms. The number of hydrogen-bond acceptors (Lipinski definition) is 6. The molecule has 0 aromatic carbocycles. The second-order valence-electron chi connectivity index (χ2n) is 5.71. The van der Waals surface area contributed by atoms with Gasteiger partial charge in [0, 0.05) is 31.6 Å². The van der Waals surface area contributed by atoms with Crippen molar-refractivity contribution in [2.24, 2.45) is 0 Å². The van der Waals surface area contributed by atoms with E-state index in [4.69, 9.17) is 9.90 Å². The molecule has 1 unspecified atom stereocenters. The fourth-order valence-corrected chi connectivity index (χ4v) is 3.39. The van der Waals surface area contributed by atoms with Crippen LogP contribution in [0.15, 0.2) is 29.2 Å². The Hall–Kier alpha value is -2.32. The Morgan fingerprint density at radius 2 is 2.28 bits per heavy atom. The van der Waals surface area contributed by atoms with E-state index in [0.29, 0.717) is 12.6 Å². The Kier molecular flexibility index (Phi) is 7.49. The van der Waals surface area contributed by atoms with Crippen molar-refractivity contribution in [2.45, 2.75) is 38.9 Å². The number of likely N-dealkylation sites (tertiary alicyclic amines) is 1. The fraction of sp³-hybridized carbons (Fsp3) is 0.412. The maximum atomic E-state index is 10.9. The zero-order chi connectivity index (χ0) is 18.1. The van der Waals surface area contributed by atoms with Crippen LogP contribution in [0.1, 0.15) is 42.8 Å². The van der Waals surface area contributed by atoms with E-state index in [-0.39, 0.29) is 12.4 Å². The minimum absolute atomic E-state index is 0.0192. The van der Waals surface area contributed by atoms with Gasteiger partial charge in [-0.15, -0.1) is 11.3 Å². The highest BCUT2D eigenvalue weighted by Crippen LogP contribution is 2.32. The normalized spacial score (nSPS) is 16.8. The molecule has 1 amide bonds. The van der Waals surface area contributed by atoms with Crippen LogP contribution < -0.4 is 5.32 Å². The molecule has 1 atom stereocenters. The number of pyridine rings is 1. The predicted molar refractivity (Wildman–Crippen MR) is 94.9 cm³/mol. The van der Waals surface area contributed by atoms with Crippen LogP contribution in [-0.4, -0.2) is 38.9 Å². The summed E-state index contributed by atoms with van der Waals surface area (Å²) in [7, 11) is 0. The lowest BCUT2D eigenvalue weighted by atomic mass is 10.1. The second-order valence-corrected chi connectivity index (χ2v) is 6.43. The van der Waals surface area contributed by atoms with Gasteiger partial charge in [0.1, 0.15) is 0 Å². The summed E-state index contributed by atoms with van der Waals surface area (Å²) in [5.74, 6) is -0.0192. The van der Waals surface area contributed by atoms with Gasteiger partial charge in [0.05, 0.1) is 22.9 Å². The van der Waals surface area contributed by atoms with Crippen molar-refractivity contribution in [2.75, 3.05) is 6.54 Å². The molecule has 2 N–H and O–H groups in total. The van der Waals surface area contributed by atoms with Gasteiger partial charge in [-0.3, -0.25) is 19.5 Å². The molecule has 0 radical (unpaired) electrons. The monoisotopic (exact) mass is 362 g/mol. The van der Waals surface area contributed by atoms with Gasteiger partial charge in [-0.1, -0.05) is 6.07 Å². The number of thiazole rings is 1. The number of nitrogens with zero attached hydrogens (tertiary/aromatic N) is 3. The van der Waals surface area contributed by atoms with Crippen molar-refractivity contribution >= 4 is 23.7 Å². The molecule has 1 aliphatic rings. The molecule has 1 aliphatic heterocycles. The first-order chi connectivity index (χ1) is 12.1. The van der Waals surface area contributed by atoms with Crippen LogP contribution in [0, 0.1) is 0 Å². The molecule has 134 valence electrons. The SMILES string of the molecule is CC(=O)NCc1ccc(C2CCCN2Cc2cscn2)nc1.O=CO. The van der Waals surface area contributed by atoms with Gasteiger partial charge in [0.2, 0.25) is 5.91 Å². The third kappa shape index (κ3) is 5.91. The van der Waals surface area contributed by atoms with Gasteiger partial charge in [-0.25, -0.2) is 4.98 Å². The van der Waals surface area contributed by atoms with Crippen molar-refractivity contribution in [1.29, 1.82) is 0 Å². The van der Waals surface area contributed by atoms with Gasteiger partial charge < -0.3 is 10.4 Å². The first kappa shape index (κ1) is 19.0. The Morgan fingerprint density at radius 1 is 1.48 bits per heavy atom. The first-order valence-corrected chi connectivity index (χ1v) is 8.96. The summed E-state index contributed by atoms with van der Waals surface area (Å²) in [5, 5.41) is 11.8. The molecular formula is C17H22N4O3S. The molecule has 0 aliphatic carbocycles. The first-order valence-electron chi connectivity index (χ1n) is 8.02. The summed E-state index contributed by atoms with van der Waals surface area (Å²) >= 11 is 1.64. The highest BCUT2D eigenvalue weighted by Gasteiger charge is 2.27. The van der Waals surface area contributed by atoms with Crippen LogP contribution in [0.2, 0.25) is 0 Å². The maximum absolute atomic E-state index is 10.9. The number of carbonyl (C=O) groups is 2. The van der Waals surface area contributed by atoms with E-state index < -0.39 is 0 Å². The zero-order valence-electron chi connectivity index (χ0n) is 14.1. The van der Waals surface area contributed by atoms with Crippen molar-refractivity contribution < 1.29 is 14.7 Å². The third-order valence-corrected chi connectivity index (χ3v) is 4.58. The number of amides is 1. The number of hydrogen-bond donors (Lipinski definition) is 2. The van der Waals surface area contributed by atoms with E-state index in [9.17, 15) is 4.79 Å². The molecule has 0 bridgehead atoms. The summed E-state index contributed by atoms with van der Waals surface area (Å²) < 4.78 is 0. The summed E-state index contributed by atoms with van der Waals surface area (Å²) in [6.45, 7) is 3.80. The lowest BCUT2D eigenvalue weighted by molar-refractivity contribution is -0.123. The molecule has 2 aromatic rings. The predicted octanol–water partition coefficient (Wildman–Crippen LogP) is 2.21. The number of carbonyl (C=O) groups excluding carboxylic acids is 1. The quantitative estimate of drug-likeness (QED) is 0.792. The minimum atomic E-state index is -0.250. The zero-order valence-corrected chi connectivity index (χ0v) is 14.9. The van der Waals surface area contributed by atoms with E-state index in [1.807, 2.05) is 11.7 Å². The average Bonchev–Trinajstić information content (AvgIpc) is 3.27. The highest BCUT2D eigenvalue weighted by molar-refractivity contribution is 7.07. The Labute approximate surface area is 150 Å². The van der Waals surface area contributed by atoms with Crippen molar-refractivity contribution in [1.82, 2.24) is 20.2 Å². The number of rotatable bonds is 5. The van der Waals surface area contributed by atoms with E-state index in [0.717, 1.165) is 36.5 Å². The third-order valence-electron chi connectivity index (χ3n) is 3.94. The molecule has 1 saturated heterocycles. The lowest BCUT2D eigenvalue weighted by Gasteiger charge is -2.23. The Bertz CT molecular complexity index is 661. The van der Waals surface area contributed by atoms with Crippen LogP contribution in [0.25, 0.3) is 0 Å². The van der Waals surface area contributed by atoms with Gasteiger partial charge in [0.15, 0.2) is 0 Å². The summed E-state index contributed by atoms with van der Waals surface area (Å²) in [5.41, 5.74) is 5.16. The van der Waals surface area contributed by atoms with Crippen LogP contribution in [0.4, 0.5) is 0 Å². The molecule has 3 heterocycles. The summed E-state index contributed by atoms with van der Waals surface area (Å²) in [4.78, 5) is 30.7.